The second-order valence-corrected chi connectivity index (χ2v) is 7.29. The van der Waals surface area contributed by atoms with Crippen LogP contribution >= 0.6 is 0 Å². The predicted molar refractivity (Wildman–Crippen MR) is 109 cm³/mol. The number of esters is 2. The first kappa shape index (κ1) is 19.2. The average molecular weight is 392 g/mol. The molecule has 0 saturated carbocycles. The summed E-state index contributed by atoms with van der Waals surface area (Å²) in [6.45, 7) is 1.14. The summed E-state index contributed by atoms with van der Waals surface area (Å²) in [6, 6.07) is 17.9. The van der Waals surface area contributed by atoms with Gasteiger partial charge in [0.2, 0.25) is 0 Å². The van der Waals surface area contributed by atoms with Gasteiger partial charge in [0.15, 0.2) is 5.54 Å². The maximum Gasteiger partial charge on any atom is 0.333 e. The topological polar surface area (TPSA) is 71.6 Å². The van der Waals surface area contributed by atoms with Crippen LogP contribution in [0.2, 0.25) is 0 Å². The molecular formula is C23H24N2O4. The lowest BCUT2D eigenvalue weighted by atomic mass is 9.81. The largest absolute Gasteiger partial charge is 0.469 e. The van der Waals surface area contributed by atoms with Crippen LogP contribution < -0.4 is 0 Å². The first-order valence-electron chi connectivity index (χ1n) is 9.64. The second kappa shape index (κ2) is 7.72. The number of benzene rings is 2. The van der Waals surface area contributed by atoms with Crippen LogP contribution in [-0.4, -0.2) is 42.6 Å². The molecule has 1 atom stereocenters. The van der Waals surface area contributed by atoms with Crippen LogP contribution in [0, 0.1) is 0 Å². The van der Waals surface area contributed by atoms with Gasteiger partial charge < -0.3 is 14.5 Å². The molecule has 1 unspecified atom stereocenters. The third kappa shape index (κ3) is 3.19. The van der Waals surface area contributed by atoms with Crippen LogP contribution in [0.25, 0.3) is 10.9 Å². The first-order valence-corrected chi connectivity index (χ1v) is 9.64. The monoisotopic (exact) mass is 392 g/mol. The third-order valence-electron chi connectivity index (χ3n) is 5.77. The fourth-order valence-electron chi connectivity index (χ4n) is 4.38. The van der Waals surface area contributed by atoms with Crippen LogP contribution in [0.5, 0.6) is 0 Å². The van der Waals surface area contributed by atoms with Crippen molar-refractivity contribution in [3.63, 3.8) is 0 Å². The molecular weight excluding hydrogens is 368 g/mol. The zero-order valence-corrected chi connectivity index (χ0v) is 16.6. The van der Waals surface area contributed by atoms with Gasteiger partial charge in [0, 0.05) is 24.0 Å². The summed E-state index contributed by atoms with van der Waals surface area (Å²) in [6.07, 6.45) is 0.648. The molecule has 2 heterocycles. The van der Waals surface area contributed by atoms with E-state index >= 15 is 0 Å². The van der Waals surface area contributed by atoms with E-state index in [-0.39, 0.29) is 6.42 Å². The molecule has 0 bridgehead atoms. The Morgan fingerprint density at radius 2 is 1.76 bits per heavy atom. The zero-order chi connectivity index (χ0) is 20.4. The number of hydrogen-bond donors (Lipinski definition) is 1. The van der Waals surface area contributed by atoms with E-state index in [0.29, 0.717) is 13.1 Å². The Labute approximate surface area is 169 Å². The molecule has 29 heavy (non-hydrogen) atoms. The molecule has 1 aromatic heterocycles. The molecule has 2 aromatic carbocycles. The summed E-state index contributed by atoms with van der Waals surface area (Å²) in [5.41, 5.74) is 2.50. The molecule has 1 aliphatic rings. The Bertz CT molecular complexity index is 1040. The maximum absolute atomic E-state index is 13.3. The van der Waals surface area contributed by atoms with Crippen molar-refractivity contribution in [3.8, 4) is 0 Å². The highest BCUT2D eigenvalue weighted by Crippen LogP contribution is 2.43. The first-order chi connectivity index (χ1) is 14.1. The van der Waals surface area contributed by atoms with Gasteiger partial charge in [-0.05, 0) is 23.6 Å². The van der Waals surface area contributed by atoms with Crippen LogP contribution in [0.3, 0.4) is 0 Å². The number of aromatic nitrogens is 1. The average Bonchev–Trinajstić information content (AvgIpc) is 3.14. The normalized spacial score (nSPS) is 19.0. The van der Waals surface area contributed by atoms with Crippen LogP contribution in [0.1, 0.15) is 23.2 Å². The molecule has 1 N–H and O–H groups in total. The summed E-state index contributed by atoms with van der Waals surface area (Å²) in [5, 5.41) is 1.07. The van der Waals surface area contributed by atoms with E-state index in [4.69, 9.17) is 9.47 Å². The molecule has 0 radical (unpaired) electrons. The van der Waals surface area contributed by atoms with Gasteiger partial charge in [-0.15, -0.1) is 0 Å². The third-order valence-corrected chi connectivity index (χ3v) is 5.77. The molecule has 4 rings (SSSR count). The fraction of sp³-hybridized carbons (Fsp3) is 0.304. The van der Waals surface area contributed by atoms with Crippen LogP contribution in [0.15, 0.2) is 54.6 Å². The van der Waals surface area contributed by atoms with Crippen molar-refractivity contribution >= 4 is 22.8 Å². The number of ether oxygens (including phenoxy) is 2. The number of H-pyrrole nitrogens is 1. The Morgan fingerprint density at radius 3 is 2.48 bits per heavy atom. The van der Waals surface area contributed by atoms with E-state index in [1.807, 2.05) is 59.5 Å². The maximum atomic E-state index is 13.3. The lowest BCUT2D eigenvalue weighted by Crippen LogP contribution is -2.57. The van der Waals surface area contributed by atoms with Crippen LogP contribution in [-0.2, 0) is 37.6 Å². The molecule has 6 heteroatoms. The van der Waals surface area contributed by atoms with E-state index in [9.17, 15) is 9.59 Å². The second-order valence-electron chi connectivity index (χ2n) is 7.29. The zero-order valence-electron chi connectivity index (χ0n) is 16.6. The molecule has 150 valence electrons. The van der Waals surface area contributed by atoms with E-state index in [2.05, 4.69) is 4.98 Å². The molecule has 3 aromatic rings. The highest BCUT2D eigenvalue weighted by Gasteiger charge is 2.53. The Hall–Kier alpha value is -3.12. The van der Waals surface area contributed by atoms with Gasteiger partial charge in [0.05, 0.1) is 26.3 Å². The predicted octanol–water partition coefficient (Wildman–Crippen LogP) is 3.16. The number of hydrogen-bond acceptors (Lipinski definition) is 5. The van der Waals surface area contributed by atoms with Gasteiger partial charge in [-0.3, -0.25) is 9.69 Å². The summed E-state index contributed by atoms with van der Waals surface area (Å²) < 4.78 is 10.2. The molecule has 6 nitrogen and oxygen atoms in total. The number of rotatable bonds is 5. The number of nitrogens with zero attached hydrogens (tertiary/aromatic N) is 1. The van der Waals surface area contributed by atoms with E-state index in [1.165, 1.54) is 14.2 Å². The van der Waals surface area contributed by atoms with Crippen molar-refractivity contribution in [2.24, 2.45) is 0 Å². The minimum atomic E-state index is -1.27. The minimum Gasteiger partial charge on any atom is -0.469 e. The van der Waals surface area contributed by atoms with Gasteiger partial charge >= 0.3 is 11.9 Å². The SMILES string of the molecule is COC(=O)CC1(C(=O)OC)c2[nH]c3ccccc3c2CCN1Cc1ccccc1. The number of fused-ring (bicyclic) bond motifs is 3. The fourth-order valence-corrected chi connectivity index (χ4v) is 4.38. The standard InChI is InChI=1S/C23H24N2O4/c1-28-20(26)14-23(22(27)29-2)21-18(17-10-6-7-11-19(17)24-21)12-13-25(23)15-16-8-4-3-5-9-16/h3-11,24H,12-15H2,1-2H3. The number of carbonyl (C=O) groups is 2. The summed E-state index contributed by atoms with van der Waals surface area (Å²) in [4.78, 5) is 31.2. The minimum absolute atomic E-state index is 0.122. The number of nitrogens with one attached hydrogen (secondary N) is 1. The molecule has 0 aliphatic carbocycles. The van der Waals surface area contributed by atoms with Gasteiger partial charge in [-0.1, -0.05) is 48.5 Å². The number of para-hydroxylation sites is 1. The van der Waals surface area contributed by atoms with Crippen molar-refractivity contribution in [3.05, 3.63) is 71.4 Å². The Balaban J connectivity index is 1.91. The van der Waals surface area contributed by atoms with Gasteiger partial charge in [0.25, 0.3) is 0 Å². The molecule has 0 amide bonds. The van der Waals surface area contributed by atoms with Crippen molar-refractivity contribution in [2.45, 2.75) is 24.9 Å². The smallest absolute Gasteiger partial charge is 0.333 e. The number of aromatic amines is 1. The lowest BCUT2D eigenvalue weighted by Gasteiger charge is -2.44. The highest BCUT2D eigenvalue weighted by molar-refractivity contribution is 5.93. The summed E-state index contributed by atoms with van der Waals surface area (Å²) >= 11 is 0. The van der Waals surface area contributed by atoms with Crippen molar-refractivity contribution in [1.82, 2.24) is 9.88 Å². The molecule has 0 fully saturated rings. The summed E-state index contributed by atoms with van der Waals surface area (Å²) in [7, 11) is 2.70. The van der Waals surface area contributed by atoms with Crippen LogP contribution in [0.4, 0.5) is 0 Å². The van der Waals surface area contributed by atoms with Crippen molar-refractivity contribution in [1.29, 1.82) is 0 Å². The van der Waals surface area contributed by atoms with Crippen molar-refractivity contribution < 1.29 is 19.1 Å². The number of methoxy groups -OCH3 is 2. The Morgan fingerprint density at radius 1 is 1.03 bits per heavy atom. The van der Waals surface area contributed by atoms with Gasteiger partial charge in [-0.2, -0.15) is 0 Å². The molecule has 1 aliphatic heterocycles. The van der Waals surface area contributed by atoms with Crippen molar-refractivity contribution in [2.75, 3.05) is 20.8 Å². The molecule has 0 saturated heterocycles. The van der Waals surface area contributed by atoms with E-state index in [0.717, 1.165) is 34.1 Å². The van der Waals surface area contributed by atoms with Gasteiger partial charge in [0.1, 0.15) is 0 Å². The highest BCUT2D eigenvalue weighted by atomic mass is 16.5. The number of carbonyl (C=O) groups excluding carboxylic acids is 2. The van der Waals surface area contributed by atoms with E-state index < -0.39 is 17.5 Å². The van der Waals surface area contributed by atoms with E-state index in [1.54, 1.807) is 0 Å². The molecule has 0 spiro atoms. The summed E-state index contributed by atoms with van der Waals surface area (Å²) in [5.74, 6) is -0.925. The van der Waals surface area contributed by atoms with Gasteiger partial charge in [-0.25, -0.2) is 4.79 Å². The quantitative estimate of drug-likeness (QED) is 0.676. The lowest BCUT2D eigenvalue weighted by molar-refractivity contribution is -0.165. The Kier molecular flexibility index (Phi) is 5.11.